The molecule has 0 atom stereocenters. The van der Waals surface area contributed by atoms with Crippen LogP contribution in [-0.4, -0.2) is 11.0 Å². The first kappa shape index (κ1) is 14.1. The van der Waals surface area contributed by atoms with E-state index >= 15 is 0 Å². The third-order valence-electron chi connectivity index (χ3n) is 3.71. The van der Waals surface area contributed by atoms with Gasteiger partial charge in [-0.15, -0.1) is 0 Å². The van der Waals surface area contributed by atoms with Gasteiger partial charge in [0.2, 0.25) is 0 Å². The zero-order chi connectivity index (χ0) is 14.7. The van der Waals surface area contributed by atoms with Gasteiger partial charge in [0.15, 0.2) is 0 Å². The number of aromatic nitrogens is 1. The van der Waals surface area contributed by atoms with Crippen LogP contribution in [0.4, 0.5) is 0 Å². The lowest BCUT2D eigenvalue weighted by atomic mass is 10.0. The number of ether oxygens (including phenoxy) is 1. The number of nitrogens with one attached hydrogen (secondary N) is 1. The molecule has 1 aliphatic rings. The molecule has 1 aliphatic carbocycles. The summed E-state index contributed by atoms with van der Waals surface area (Å²) < 4.78 is 6.07. The Balaban J connectivity index is 1.73. The fraction of sp³-hybridized carbons (Fsp3) is 0.389. The topological polar surface area (TPSA) is 34.1 Å². The van der Waals surface area contributed by atoms with Gasteiger partial charge in [-0.25, -0.2) is 0 Å². The Morgan fingerprint density at radius 3 is 2.81 bits per heavy atom. The Morgan fingerprint density at radius 2 is 2.05 bits per heavy atom. The Kier molecular flexibility index (Phi) is 4.20. The fourth-order valence-corrected chi connectivity index (χ4v) is 2.33. The quantitative estimate of drug-likeness (QED) is 0.860. The van der Waals surface area contributed by atoms with E-state index in [1.54, 1.807) is 0 Å². The van der Waals surface area contributed by atoms with Crippen LogP contribution in [0.15, 0.2) is 42.6 Å². The van der Waals surface area contributed by atoms with E-state index in [1.165, 1.54) is 18.4 Å². The predicted molar refractivity (Wildman–Crippen MR) is 84.7 cm³/mol. The molecule has 0 bridgehead atoms. The third kappa shape index (κ3) is 3.82. The summed E-state index contributed by atoms with van der Waals surface area (Å²) in [6.07, 6.45) is 4.40. The molecule has 0 saturated heterocycles. The molecule has 2 aromatic rings. The first-order valence-corrected chi connectivity index (χ1v) is 7.67. The number of hydrogen-bond donors (Lipinski definition) is 1. The Bertz CT molecular complexity index is 606. The second-order valence-corrected chi connectivity index (χ2v) is 5.93. The monoisotopic (exact) mass is 282 g/mol. The minimum Gasteiger partial charge on any atom is -0.457 e. The van der Waals surface area contributed by atoms with Crippen molar-refractivity contribution in [3.05, 3.63) is 53.9 Å². The summed E-state index contributed by atoms with van der Waals surface area (Å²) in [7, 11) is 0. The molecule has 1 heterocycles. The summed E-state index contributed by atoms with van der Waals surface area (Å²) in [6, 6.07) is 12.8. The molecular weight excluding hydrogens is 260 g/mol. The van der Waals surface area contributed by atoms with Gasteiger partial charge in [-0.3, -0.25) is 4.98 Å². The molecule has 1 N–H and O–H groups in total. The average molecular weight is 282 g/mol. The smallest absolute Gasteiger partial charge is 0.130 e. The van der Waals surface area contributed by atoms with Gasteiger partial charge in [-0.1, -0.05) is 32.0 Å². The van der Waals surface area contributed by atoms with E-state index in [1.807, 2.05) is 30.5 Å². The van der Waals surface area contributed by atoms with Gasteiger partial charge in [0.05, 0.1) is 5.69 Å². The number of hydrogen-bond acceptors (Lipinski definition) is 3. The molecular formula is C18H22N2O. The highest BCUT2D eigenvalue weighted by atomic mass is 16.5. The van der Waals surface area contributed by atoms with Crippen molar-refractivity contribution < 1.29 is 4.74 Å². The molecule has 0 unspecified atom stereocenters. The lowest BCUT2D eigenvalue weighted by molar-refractivity contribution is 0.471. The minimum absolute atomic E-state index is 0.444. The summed E-state index contributed by atoms with van der Waals surface area (Å²) >= 11 is 0. The molecule has 3 rings (SSSR count). The van der Waals surface area contributed by atoms with Crippen LogP contribution in [0.3, 0.4) is 0 Å². The van der Waals surface area contributed by atoms with Gasteiger partial charge < -0.3 is 10.1 Å². The summed E-state index contributed by atoms with van der Waals surface area (Å²) in [5.74, 6) is 2.23. The zero-order valence-electron chi connectivity index (χ0n) is 12.7. The van der Waals surface area contributed by atoms with Crippen molar-refractivity contribution in [3.63, 3.8) is 0 Å². The van der Waals surface area contributed by atoms with Crippen molar-refractivity contribution in [3.8, 4) is 11.5 Å². The van der Waals surface area contributed by atoms with Crippen LogP contribution in [0.25, 0.3) is 0 Å². The van der Waals surface area contributed by atoms with Crippen LogP contribution in [-0.2, 0) is 6.54 Å². The fourth-order valence-electron chi connectivity index (χ4n) is 2.33. The Morgan fingerprint density at radius 1 is 1.24 bits per heavy atom. The summed E-state index contributed by atoms with van der Waals surface area (Å²) in [5, 5.41) is 3.48. The van der Waals surface area contributed by atoms with E-state index in [2.05, 4.69) is 36.3 Å². The molecule has 0 aliphatic heterocycles. The molecule has 3 heteroatoms. The second kappa shape index (κ2) is 6.27. The molecule has 21 heavy (non-hydrogen) atoms. The molecule has 1 aromatic carbocycles. The maximum atomic E-state index is 6.07. The Labute approximate surface area is 126 Å². The first-order chi connectivity index (χ1) is 10.2. The SMILES string of the molecule is CC(C)c1ccccc1Oc1ccnc(CNC2CC2)c1. The maximum absolute atomic E-state index is 6.07. The van der Waals surface area contributed by atoms with Crippen LogP contribution < -0.4 is 10.1 Å². The number of para-hydroxylation sites is 1. The number of benzene rings is 1. The molecule has 3 nitrogen and oxygen atoms in total. The number of rotatable bonds is 6. The Hall–Kier alpha value is -1.87. The van der Waals surface area contributed by atoms with E-state index in [0.717, 1.165) is 23.7 Å². The lowest BCUT2D eigenvalue weighted by Gasteiger charge is -2.14. The van der Waals surface area contributed by atoms with Crippen LogP contribution in [0.5, 0.6) is 11.5 Å². The highest BCUT2D eigenvalue weighted by Crippen LogP contribution is 2.30. The van der Waals surface area contributed by atoms with E-state index < -0.39 is 0 Å². The van der Waals surface area contributed by atoms with Crippen molar-refractivity contribution in [2.24, 2.45) is 0 Å². The van der Waals surface area contributed by atoms with Crippen molar-refractivity contribution in [1.82, 2.24) is 10.3 Å². The van der Waals surface area contributed by atoms with Crippen molar-refractivity contribution in [2.75, 3.05) is 0 Å². The van der Waals surface area contributed by atoms with Gasteiger partial charge >= 0.3 is 0 Å². The van der Waals surface area contributed by atoms with Gasteiger partial charge in [-0.2, -0.15) is 0 Å². The van der Waals surface area contributed by atoms with E-state index in [-0.39, 0.29) is 0 Å². The van der Waals surface area contributed by atoms with Gasteiger partial charge in [-0.05, 0) is 36.5 Å². The highest BCUT2D eigenvalue weighted by Gasteiger charge is 2.20. The van der Waals surface area contributed by atoms with Gasteiger partial charge in [0.1, 0.15) is 11.5 Å². The lowest BCUT2D eigenvalue weighted by Crippen LogP contribution is -2.16. The van der Waals surface area contributed by atoms with Gasteiger partial charge in [0, 0.05) is 24.8 Å². The van der Waals surface area contributed by atoms with Crippen molar-refractivity contribution >= 4 is 0 Å². The normalized spacial score (nSPS) is 14.4. The maximum Gasteiger partial charge on any atom is 0.130 e. The first-order valence-electron chi connectivity index (χ1n) is 7.67. The minimum atomic E-state index is 0.444. The van der Waals surface area contributed by atoms with E-state index in [0.29, 0.717) is 12.0 Å². The summed E-state index contributed by atoms with van der Waals surface area (Å²) in [5.41, 5.74) is 2.26. The summed E-state index contributed by atoms with van der Waals surface area (Å²) in [4.78, 5) is 4.40. The summed E-state index contributed by atoms with van der Waals surface area (Å²) in [6.45, 7) is 5.17. The number of pyridine rings is 1. The molecule has 1 fully saturated rings. The van der Waals surface area contributed by atoms with Crippen LogP contribution in [0.2, 0.25) is 0 Å². The van der Waals surface area contributed by atoms with Crippen LogP contribution in [0, 0.1) is 0 Å². The van der Waals surface area contributed by atoms with Crippen LogP contribution >= 0.6 is 0 Å². The third-order valence-corrected chi connectivity index (χ3v) is 3.71. The molecule has 1 aromatic heterocycles. The van der Waals surface area contributed by atoms with Crippen molar-refractivity contribution in [1.29, 1.82) is 0 Å². The largest absolute Gasteiger partial charge is 0.457 e. The average Bonchev–Trinajstić information content (AvgIpc) is 3.30. The molecule has 0 radical (unpaired) electrons. The van der Waals surface area contributed by atoms with Crippen molar-refractivity contribution in [2.45, 2.75) is 45.2 Å². The molecule has 110 valence electrons. The number of nitrogens with zero attached hydrogens (tertiary/aromatic N) is 1. The molecule has 0 spiro atoms. The van der Waals surface area contributed by atoms with Gasteiger partial charge in [0.25, 0.3) is 0 Å². The highest BCUT2D eigenvalue weighted by molar-refractivity contribution is 5.39. The van der Waals surface area contributed by atoms with Crippen LogP contribution in [0.1, 0.15) is 43.9 Å². The molecule has 1 saturated carbocycles. The molecule has 0 amide bonds. The second-order valence-electron chi connectivity index (χ2n) is 5.93. The van der Waals surface area contributed by atoms with E-state index in [4.69, 9.17) is 4.74 Å². The zero-order valence-corrected chi connectivity index (χ0v) is 12.7. The predicted octanol–water partition coefficient (Wildman–Crippen LogP) is 4.25. The van der Waals surface area contributed by atoms with E-state index in [9.17, 15) is 0 Å². The standard InChI is InChI=1S/C18H22N2O/c1-13(2)17-5-3-4-6-18(17)21-16-9-10-19-15(11-16)12-20-14-7-8-14/h3-6,9-11,13-14,20H,7-8,12H2,1-2H3.